The molecule has 0 heterocycles. The van der Waals surface area contributed by atoms with Crippen LogP contribution in [0.1, 0.15) is 40.5 Å². The summed E-state index contributed by atoms with van der Waals surface area (Å²) >= 11 is 5.64. The fourth-order valence-corrected chi connectivity index (χ4v) is 1.62. The number of hydrogen-bond acceptors (Lipinski definition) is 2. The molecule has 0 spiro atoms. The van der Waals surface area contributed by atoms with Crippen LogP contribution in [-0.2, 0) is 0 Å². The normalized spacial score (nSPS) is 14.1. The van der Waals surface area contributed by atoms with Gasteiger partial charge in [0.05, 0.1) is 6.10 Å². The van der Waals surface area contributed by atoms with Gasteiger partial charge in [0.25, 0.3) is 0 Å². The molecule has 0 aliphatic carbocycles. The van der Waals surface area contributed by atoms with E-state index in [0.717, 1.165) is 24.9 Å². The number of nitrogens with zero attached hydrogens (tertiary/aromatic N) is 1. The van der Waals surface area contributed by atoms with E-state index in [1.165, 1.54) is 12.8 Å². The van der Waals surface area contributed by atoms with E-state index in [1.807, 2.05) is 0 Å². The van der Waals surface area contributed by atoms with Crippen LogP contribution in [0.3, 0.4) is 0 Å². The minimum absolute atomic E-state index is 0.333. The zero-order valence-corrected chi connectivity index (χ0v) is 12.0. The third-order valence-corrected chi connectivity index (χ3v) is 3.05. The van der Waals surface area contributed by atoms with Crippen LogP contribution in [0.25, 0.3) is 0 Å². The summed E-state index contributed by atoms with van der Waals surface area (Å²) in [4.78, 5) is 2.34. The monoisotopic (exact) mass is 249 g/mol. The average molecular weight is 250 g/mol. The van der Waals surface area contributed by atoms with Crippen molar-refractivity contribution in [1.29, 1.82) is 0 Å². The van der Waals surface area contributed by atoms with Gasteiger partial charge in [-0.3, -0.25) is 0 Å². The Morgan fingerprint density at radius 2 is 1.44 bits per heavy atom. The second-order valence-corrected chi connectivity index (χ2v) is 5.78. The van der Waals surface area contributed by atoms with Crippen LogP contribution in [0.5, 0.6) is 0 Å². The van der Waals surface area contributed by atoms with Gasteiger partial charge in [-0.25, -0.2) is 0 Å². The van der Waals surface area contributed by atoms with Gasteiger partial charge in [0.1, 0.15) is 0 Å². The molecule has 16 heavy (non-hydrogen) atoms. The second-order valence-electron chi connectivity index (χ2n) is 5.47. The van der Waals surface area contributed by atoms with Gasteiger partial charge in [0.2, 0.25) is 0 Å². The van der Waals surface area contributed by atoms with Gasteiger partial charge in [-0.1, -0.05) is 27.7 Å². The Labute approximate surface area is 106 Å². The highest BCUT2D eigenvalue weighted by Crippen LogP contribution is 2.07. The Morgan fingerprint density at radius 3 is 1.75 bits per heavy atom. The standard InChI is InChI=1S/C13H28ClNO/c1-11(2)5-7-15(8-6-12(3)4)10-13(16)9-14/h11-13,16H,5-10H2,1-4H3. The molecule has 0 rings (SSSR count). The highest BCUT2D eigenvalue weighted by molar-refractivity contribution is 6.18. The lowest BCUT2D eigenvalue weighted by Gasteiger charge is -2.25. The van der Waals surface area contributed by atoms with Crippen LogP contribution in [0.15, 0.2) is 0 Å². The smallest absolute Gasteiger partial charge is 0.0802 e. The Morgan fingerprint density at radius 1 is 1.00 bits per heavy atom. The van der Waals surface area contributed by atoms with Gasteiger partial charge >= 0.3 is 0 Å². The first kappa shape index (κ1) is 16.2. The van der Waals surface area contributed by atoms with E-state index < -0.39 is 0 Å². The summed E-state index contributed by atoms with van der Waals surface area (Å²) in [6.07, 6.45) is 1.99. The predicted molar refractivity (Wildman–Crippen MR) is 72.1 cm³/mol. The molecule has 0 aromatic rings. The van der Waals surface area contributed by atoms with E-state index in [4.69, 9.17) is 11.6 Å². The topological polar surface area (TPSA) is 23.5 Å². The maximum atomic E-state index is 9.59. The molecule has 2 nitrogen and oxygen atoms in total. The van der Waals surface area contributed by atoms with Crippen LogP contribution >= 0.6 is 11.6 Å². The van der Waals surface area contributed by atoms with Crippen molar-refractivity contribution >= 4 is 11.6 Å². The van der Waals surface area contributed by atoms with Crippen molar-refractivity contribution in [1.82, 2.24) is 4.90 Å². The molecule has 0 bridgehead atoms. The fraction of sp³-hybridized carbons (Fsp3) is 1.00. The first-order valence-corrected chi connectivity index (χ1v) is 6.95. The van der Waals surface area contributed by atoms with E-state index in [-0.39, 0.29) is 6.10 Å². The van der Waals surface area contributed by atoms with Crippen LogP contribution < -0.4 is 0 Å². The van der Waals surface area contributed by atoms with E-state index >= 15 is 0 Å². The summed E-state index contributed by atoms with van der Waals surface area (Å²) in [5.41, 5.74) is 0. The van der Waals surface area contributed by atoms with Crippen molar-refractivity contribution in [2.24, 2.45) is 11.8 Å². The number of hydrogen-bond donors (Lipinski definition) is 1. The van der Waals surface area contributed by atoms with Crippen molar-refractivity contribution < 1.29 is 5.11 Å². The Kier molecular flexibility index (Phi) is 9.38. The number of rotatable bonds is 9. The molecule has 0 amide bonds. The molecule has 0 aromatic heterocycles. The van der Waals surface area contributed by atoms with Crippen LogP contribution in [-0.4, -0.2) is 41.6 Å². The molecule has 0 aliphatic rings. The van der Waals surface area contributed by atoms with Gasteiger partial charge < -0.3 is 10.0 Å². The Bertz CT molecular complexity index is 150. The summed E-state index contributed by atoms with van der Waals surface area (Å²) in [7, 11) is 0. The van der Waals surface area contributed by atoms with Gasteiger partial charge in [-0.05, 0) is 37.8 Å². The lowest BCUT2D eigenvalue weighted by atomic mass is 10.1. The van der Waals surface area contributed by atoms with Gasteiger partial charge in [0, 0.05) is 12.4 Å². The minimum atomic E-state index is -0.388. The zero-order chi connectivity index (χ0) is 12.6. The summed E-state index contributed by atoms with van der Waals surface area (Å²) in [6, 6.07) is 0. The number of halogens is 1. The van der Waals surface area contributed by atoms with Crippen LogP contribution in [0, 0.1) is 11.8 Å². The third kappa shape index (κ3) is 9.44. The maximum Gasteiger partial charge on any atom is 0.0802 e. The van der Waals surface area contributed by atoms with E-state index in [9.17, 15) is 5.11 Å². The molecule has 0 saturated carbocycles. The van der Waals surface area contributed by atoms with Crippen LogP contribution in [0.4, 0.5) is 0 Å². The first-order valence-electron chi connectivity index (χ1n) is 6.42. The van der Waals surface area contributed by atoms with E-state index in [1.54, 1.807) is 0 Å². The molecular weight excluding hydrogens is 222 g/mol. The van der Waals surface area contributed by atoms with Crippen molar-refractivity contribution in [2.45, 2.75) is 46.6 Å². The second kappa shape index (κ2) is 9.26. The molecule has 0 aromatic carbocycles. The zero-order valence-electron chi connectivity index (χ0n) is 11.2. The fourth-order valence-electron chi connectivity index (χ4n) is 1.52. The first-order chi connectivity index (χ1) is 7.45. The Hall–Kier alpha value is 0.210. The summed E-state index contributed by atoms with van der Waals surface area (Å²) < 4.78 is 0. The lowest BCUT2D eigenvalue weighted by molar-refractivity contribution is 0.122. The van der Waals surface area contributed by atoms with E-state index in [2.05, 4.69) is 32.6 Å². The molecule has 3 heteroatoms. The molecule has 1 unspecified atom stereocenters. The third-order valence-electron chi connectivity index (χ3n) is 2.69. The average Bonchev–Trinajstić information content (AvgIpc) is 2.21. The number of alkyl halides is 1. The molecule has 0 radical (unpaired) electrons. The molecule has 1 N–H and O–H groups in total. The van der Waals surface area contributed by atoms with E-state index in [0.29, 0.717) is 12.4 Å². The summed E-state index contributed by atoms with van der Waals surface area (Å²) in [5, 5.41) is 9.59. The van der Waals surface area contributed by atoms with Gasteiger partial charge in [0.15, 0.2) is 0 Å². The molecule has 98 valence electrons. The lowest BCUT2D eigenvalue weighted by Crippen LogP contribution is -2.35. The number of aliphatic hydroxyl groups excluding tert-OH is 1. The molecule has 0 fully saturated rings. The SMILES string of the molecule is CC(C)CCN(CCC(C)C)CC(O)CCl. The van der Waals surface area contributed by atoms with Crippen molar-refractivity contribution in [3.8, 4) is 0 Å². The highest BCUT2D eigenvalue weighted by atomic mass is 35.5. The van der Waals surface area contributed by atoms with Gasteiger partial charge in [-0.15, -0.1) is 11.6 Å². The Balaban J connectivity index is 3.94. The summed E-state index contributed by atoms with van der Waals surface area (Å²) in [6.45, 7) is 11.8. The van der Waals surface area contributed by atoms with Crippen molar-refractivity contribution in [3.63, 3.8) is 0 Å². The molecule has 1 atom stereocenters. The van der Waals surface area contributed by atoms with Crippen molar-refractivity contribution in [2.75, 3.05) is 25.5 Å². The largest absolute Gasteiger partial charge is 0.391 e. The van der Waals surface area contributed by atoms with Crippen LogP contribution in [0.2, 0.25) is 0 Å². The van der Waals surface area contributed by atoms with Crippen molar-refractivity contribution in [3.05, 3.63) is 0 Å². The molecular formula is C13H28ClNO. The molecule has 0 saturated heterocycles. The minimum Gasteiger partial charge on any atom is -0.391 e. The quantitative estimate of drug-likeness (QED) is 0.635. The molecule has 0 aliphatic heterocycles. The highest BCUT2D eigenvalue weighted by Gasteiger charge is 2.11. The summed E-state index contributed by atoms with van der Waals surface area (Å²) in [5.74, 6) is 1.77. The maximum absolute atomic E-state index is 9.59. The predicted octanol–water partition coefficient (Wildman–Crippen LogP) is 2.98. The van der Waals surface area contributed by atoms with Gasteiger partial charge in [-0.2, -0.15) is 0 Å². The number of aliphatic hydroxyl groups is 1.